The summed E-state index contributed by atoms with van der Waals surface area (Å²) < 4.78 is 0. The maximum absolute atomic E-state index is 12.9. The van der Waals surface area contributed by atoms with Crippen LogP contribution in [0.5, 0.6) is 0 Å². The quantitative estimate of drug-likeness (QED) is 0.842. The first-order chi connectivity index (χ1) is 8.74. The van der Waals surface area contributed by atoms with Crippen LogP contribution in [0.25, 0.3) is 0 Å². The maximum Gasteiger partial charge on any atom is 0.234 e. The lowest BCUT2D eigenvalue weighted by Gasteiger charge is -2.39. The molecule has 0 radical (unpaired) electrons. The highest BCUT2D eigenvalue weighted by Crippen LogP contribution is 2.32. The Morgan fingerprint density at radius 1 is 1.16 bits per heavy atom. The molecule has 3 nitrogen and oxygen atoms in total. The van der Waals surface area contributed by atoms with Crippen molar-refractivity contribution in [1.29, 1.82) is 0 Å². The number of nitrogens with one attached hydrogen (secondary N) is 1. The van der Waals surface area contributed by atoms with E-state index in [-0.39, 0.29) is 16.9 Å². The number of anilines is 1. The van der Waals surface area contributed by atoms with Gasteiger partial charge in [0.1, 0.15) is 0 Å². The van der Waals surface area contributed by atoms with Gasteiger partial charge in [-0.15, -0.1) is 0 Å². The molecule has 19 heavy (non-hydrogen) atoms. The van der Waals surface area contributed by atoms with Gasteiger partial charge in [0.15, 0.2) is 0 Å². The number of aryl methyl sites for hydroxylation is 1. The molecule has 0 spiro atoms. The van der Waals surface area contributed by atoms with Gasteiger partial charge in [-0.1, -0.05) is 12.1 Å². The Hall–Kier alpha value is -1.35. The van der Waals surface area contributed by atoms with Gasteiger partial charge in [0.05, 0.1) is 11.0 Å². The third-order valence-electron chi connectivity index (χ3n) is 3.77. The summed E-state index contributed by atoms with van der Waals surface area (Å²) in [5.74, 6) is 0.188. The summed E-state index contributed by atoms with van der Waals surface area (Å²) >= 11 is 0. The van der Waals surface area contributed by atoms with E-state index in [1.54, 1.807) is 0 Å². The molecule has 1 N–H and O–H groups in total. The smallest absolute Gasteiger partial charge is 0.234 e. The Morgan fingerprint density at radius 2 is 1.84 bits per heavy atom. The maximum atomic E-state index is 12.9. The first kappa shape index (κ1) is 14.1. The van der Waals surface area contributed by atoms with Crippen molar-refractivity contribution in [2.24, 2.45) is 5.41 Å². The van der Waals surface area contributed by atoms with Crippen molar-refractivity contribution in [2.75, 3.05) is 18.0 Å². The van der Waals surface area contributed by atoms with Gasteiger partial charge in [0, 0.05) is 18.8 Å². The van der Waals surface area contributed by atoms with Crippen LogP contribution in [0.1, 0.15) is 33.3 Å². The molecular weight excluding hydrogens is 236 g/mol. The molecule has 3 heteroatoms. The van der Waals surface area contributed by atoms with Crippen LogP contribution in [0.15, 0.2) is 24.3 Å². The van der Waals surface area contributed by atoms with Gasteiger partial charge < -0.3 is 10.2 Å². The molecule has 1 aromatic rings. The van der Waals surface area contributed by atoms with Crippen LogP contribution < -0.4 is 10.2 Å². The first-order valence-electron chi connectivity index (χ1n) is 6.86. The second-order valence-electron chi connectivity index (χ2n) is 6.78. The summed E-state index contributed by atoms with van der Waals surface area (Å²) in [4.78, 5) is 14.8. The van der Waals surface area contributed by atoms with Crippen LogP contribution >= 0.6 is 0 Å². The summed E-state index contributed by atoms with van der Waals surface area (Å²) in [6.45, 7) is 11.8. The zero-order chi connectivity index (χ0) is 14.3. The van der Waals surface area contributed by atoms with Crippen LogP contribution in [0.3, 0.4) is 0 Å². The Kier molecular flexibility index (Phi) is 3.43. The third kappa shape index (κ3) is 2.66. The fourth-order valence-corrected chi connectivity index (χ4v) is 2.65. The van der Waals surface area contributed by atoms with Gasteiger partial charge in [-0.25, -0.2) is 0 Å². The molecule has 0 bridgehead atoms. The van der Waals surface area contributed by atoms with Crippen molar-refractivity contribution in [3.05, 3.63) is 29.8 Å². The minimum absolute atomic E-state index is 0.188. The van der Waals surface area contributed by atoms with Crippen molar-refractivity contribution in [3.8, 4) is 0 Å². The van der Waals surface area contributed by atoms with Gasteiger partial charge in [-0.3, -0.25) is 4.79 Å². The number of nitrogens with zero attached hydrogens (tertiary/aromatic N) is 1. The second kappa shape index (κ2) is 4.64. The fraction of sp³-hybridized carbons (Fsp3) is 0.562. The highest BCUT2D eigenvalue weighted by Gasteiger charge is 2.42. The van der Waals surface area contributed by atoms with Crippen molar-refractivity contribution >= 4 is 11.6 Å². The predicted molar refractivity (Wildman–Crippen MR) is 79.4 cm³/mol. The number of amides is 1. The van der Waals surface area contributed by atoms with Crippen molar-refractivity contribution < 1.29 is 4.79 Å². The molecule has 1 aliphatic rings. The number of rotatable bonds is 1. The Labute approximate surface area is 116 Å². The lowest BCUT2D eigenvalue weighted by atomic mass is 9.90. The molecule has 1 saturated heterocycles. The summed E-state index contributed by atoms with van der Waals surface area (Å²) in [7, 11) is 0. The van der Waals surface area contributed by atoms with Gasteiger partial charge in [0.2, 0.25) is 5.91 Å². The molecule has 1 aromatic carbocycles. The number of benzene rings is 1. The van der Waals surface area contributed by atoms with Crippen LogP contribution in [0, 0.1) is 12.3 Å². The van der Waals surface area contributed by atoms with E-state index < -0.39 is 0 Å². The van der Waals surface area contributed by atoms with E-state index in [2.05, 4.69) is 38.2 Å². The van der Waals surface area contributed by atoms with E-state index >= 15 is 0 Å². The van der Waals surface area contributed by atoms with Crippen LogP contribution in [-0.4, -0.2) is 24.5 Å². The third-order valence-corrected chi connectivity index (χ3v) is 3.77. The molecule has 1 heterocycles. The monoisotopic (exact) mass is 260 g/mol. The van der Waals surface area contributed by atoms with Gasteiger partial charge in [-0.2, -0.15) is 0 Å². The van der Waals surface area contributed by atoms with E-state index in [0.29, 0.717) is 0 Å². The van der Waals surface area contributed by atoms with Crippen molar-refractivity contribution in [3.63, 3.8) is 0 Å². The Morgan fingerprint density at radius 3 is 2.47 bits per heavy atom. The molecule has 1 amide bonds. The van der Waals surface area contributed by atoms with Crippen molar-refractivity contribution in [1.82, 2.24) is 5.32 Å². The zero-order valence-corrected chi connectivity index (χ0v) is 12.6. The molecule has 0 aliphatic carbocycles. The highest BCUT2D eigenvalue weighted by molar-refractivity contribution is 5.99. The minimum Gasteiger partial charge on any atom is -0.313 e. The molecule has 2 rings (SSSR count). The molecule has 1 aliphatic heterocycles. The lowest BCUT2D eigenvalue weighted by Crippen LogP contribution is -2.53. The average molecular weight is 260 g/mol. The SMILES string of the molecule is Cc1cccc(N2C(=O)C(C)(C)CNCC2(C)C)c1. The van der Waals surface area contributed by atoms with Crippen LogP contribution in [-0.2, 0) is 4.79 Å². The Balaban J connectivity index is 2.51. The van der Waals surface area contributed by atoms with Crippen molar-refractivity contribution in [2.45, 2.75) is 40.2 Å². The first-order valence-corrected chi connectivity index (χ1v) is 6.86. The number of carbonyl (C=O) groups excluding carboxylic acids is 1. The molecular formula is C16H24N2O. The molecule has 104 valence electrons. The van der Waals surface area contributed by atoms with E-state index in [9.17, 15) is 4.79 Å². The predicted octanol–water partition coefficient (Wildman–Crippen LogP) is 2.74. The van der Waals surface area contributed by atoms with E-state index in [1.807, 2.05) is 30.9 Å². The number of carbonyl (C=O) groups is 1. The number of hydrogen-bond acceptors (Lipinski definition) is 2. The zero-order valence-electron chi connectivity index (χ0n) is 12.6. The minimum atomic E-state index is -0.377. The summed E-state index contributed by atoms with van der Waals surface area (Å²) in [5, 5.41) is 3.41. The van der Waals surface area contributed by atoms with E-state index in [0.717, 1.165) is 18.8 Å². The number of hydrogen-bond donors (Lipinski definition) is 1. The fourth-order valence-electron chi connectivity index (χ4n) is 2.65. The van der Waals surface area contributed by atoms with Gasteiger partial charge in [0.25, 0.3) is 0 Å². The molecule has 1 fully saturated rings. The molecule has 0 saturated carbocycles. The van der Waals surface area contributed by atoms with E-state index in [4.69, 9.17) is 0 Å². The topological polar surface area (TPSA) is 32.3 Å². The normalized spacial score (nSPS) is 22.2. The van der Waals surface area contributed by atoms with Gasteiger partial charge in [-0.05, 0) is 52.3 Å². The summed E-state index contributed by atoms with van der Waals surface area (Å²) in [5.41, 5.74) is 1.57. The van der Waals surface area contributed by atoms with Gasteiger partial charge >= 0.3 is 0 Å². The van der Waals surface area contributed by atoms with Crippen LogP contribution in [0.4, 0.5) is 5.69 Å². The molecule has 0 atom stereocenters. The van der Waals surface area contributed by atoms with E-state index in [1.165, 1.54) is 5.56 Å². The standard InChI is InChI=1S/C16H24N2O/c1-12-7-6-8-13(9-12)18-14(19)15(2,3)10-17-11-16(18,4)5/h6-9,17H,10-11H2,1-5H3. The molecule has 0 aromatic heterocycles. The largest absolute Gasteiger partial charge is 0.313 e. The highest BCUT2D eigenvalue weighted by atomic mass is 16.2. The Bertz CT molecular complexity index is 491. The second-order valence-corrected chi connectivity index (χ2v) is 6.78. The lowest BCUT2D eigenvalue weighted by molar-refractivity contribution is -0.126. The summed E-state index contributed by atoms with van der Waals surface area (Å²) in [6.07, 6.45) is 0. The summed E-state index contributed by atoms with van der Waals surface area (Å²) in [6, 6.07) is 8.18. The average Bonchev–Trinajstić information content (AvgIpc) is 2.34. The van der Waals surface area contributed by atoms with Crippen LogP contribution in [0.2, 0.25) is 0 Å². The molecule has 0 unspecified atom stereocenters.